The van der Waals surface area contributed by atoms with Gasteiger partial charge in [0.15, 0.2) is 0 Å². The van der Waals surface area contributed by atoms with E-state index in [0.717, 1.165) is 4.90 Å². The quantitative estimate of drug-likeness (QED) is 0.792. The van der Waals surface area contributed by atoms with Crippen molar-refractivity contribution >= 4 is 11.9 Å². The average molecular weight is 238 g/mol. The molecule has 2 N–H and O–H groups in total. The van der Waals surface area contributed by atoms with E-state index in [1.54, 1.807) is 0 Å². The Labute approximate surface area is 96.8 Å². The van der Waals surface area contributed by atoms with E-state index in [-0.39, 0.29) is 18.8 Å². The Hall–Kier alpha value is -1.95. The number of halogens is 1. The minimum atomic E-state index is -1.13. The first-order valence-electron chi connectivity index (χ1n) is 5.09. The van der Waals surface area contributed by atoms with Crippen molar-refractivity contribution < 1.29 is 19.1 Å². The molecular formula is C11H11FN2O3. The standard InChI is InChI=1S/C11H11FN2O3/c12-8-3-1-7(2-4-8)6-14-10(16)5-9(15)13-11(14)17/h1-4,9,15H,5-6H2,(H,13,17). The number of aliphatic hydroxyl groups is 1. The molecule has 0 saturated carbocycles. The number of aliphatic hydroxyl groups excluding tert-OH is 1. The predicted molar refractivity (Wildman–Crippen MR) is 56.1 cm³/mol. The van der Waals surface area contributed by atoms with Gasteiger partial charge in [0.05, 0.1) is 13.0 Å². The monoisotopic (exact) mass is 238 g/mol. The van der Waals surface area contributed by atoms with E-state index >= 15 is 0 Å². The number of amides is 3. The van der Waals surface area contributed by atoms with Gasteiger partial charge in [0.2, 0.25) is 5.91 Å². The van der Waals surface area contributed by atoms with Gasteiger partial charge in [0, 0.05) is 0 Å². The Morgan fingerprint density at radius 3 is 2.59 bits per heavy atom. The van der Waals surface area contributed by atoms with E-state index in [9.17, 15) is 14.0 Å². The van der Waals surface area contributed by atoms with Crippen LogP contribution in [0, 0.1) is 5.82 Å². The number of rotatable bonds is 2. The molecule has 0 aromatic heterocycles. The van der Waals surface area contributed by atoms with E-state index < -0.39 is 18.2 Å². The lowest BCUT2D eigenvalue weighted by Crippen LogP contribution is -2.54. The fraction of sp³-hybridized carbons (Fsp3) is 0.273. The Kier molecular flexibility index (Phi) is 3.06. The summed E-state index contributed by atoms with van der Waals surface area (Å²) in [5.41, 5.74) is 0.645. The zero-order valence-corrected chi connectivity index (χ0v) is 8.89. The van der Waals surface area contributed by atoms with E-state index in [1.165, 1.54) is 24.3 Å². The summed E-state index contributed by atoms with van der Waals surface area (Å²) in [6.07, 6.45) is -1.27. The second kappa shape index (κ2) is 4.50. The second-order valence-electron chi connectivity index (χ2n) is 3.78. The SMILES string of the molecule is O=C1CC(O)NC(=O)N1Cc1ccc(F)cc1. The van der Waals surface area contributed by atoms with Crippen LogP contribution in [0.5, 0.6) is 0 Å². The van der Waals surface area contributed by atoms with Gasteiger partial charge in [0.1, 0.15) is 12.0 Å². The lowest BCUT2D eigenvalue weighted by Gasteiger charge is -2.28. The molecule has 1 aliphatic heterocycles. The minimum Gasteiger partial charge on any atom is -0.373 e. The fourth-order valence-corrected chi connectivity index (χ4v) is 1.59. The average Bonchev–Trinajstić information content (AvgIpc) is 2.26. The van der Waals surface area contributed by atoms with Gasteiger partial charge in [-0.05, 0) is 17.7 Å². The first kappa shape index (κ1) is 11.5. The molecule has 1 atom stereocenters. The van der Waals surface area contributed by atoms with E-state index in [1.807, 2.05) is 0 Å². The zero-order valence-electron chi connectivity index (χ0n) is 8.89. The summed E-state index contributed by atoms with van der Waals surface area (Å²) in [4.78, 5) is 23.9. The van der Waals surface area contributed by atoms with Crippen LogP contribution >= 0.6 is 0 Å². The highest BCUT2D eigenvalue weighted by Crippen LogP contribution is 2.12. The van der Waals surface area contributed by atoms with E-state index in [2.05, 4.69) is 5.32 Å². The summed E-state index contributed by atoms with van der Waals surface area (Å²) in [5, 5.41) is 11.4. The van der Waals surface area contributed by atoms with Crippen molar-refractivity contribution in [1.82, 2.24) is 10.2 Å². The maximum Gasteiger partial charge on any atom is 0.326 e. The predicted octanol–water partition coefficient (Wildman–Crippen LogP) is 0.586. The van der Waals surface area contributed by atoms with Crippen LogP contribution in [0.25, 0.3) is 0 Å². The molecule has 3 amide bonds. The maximum atomic E-state index is 12.7. The number of urea groups is 1. The number of nitrogens with zero attached hydrogens (tertiary/aromatic N) is 1. The van der Waals surface area contributed by atoms with Crippen LogP contribution in [-0.2, 0) is 11.3 Å². The molecule has 6 heteroatoms. The lowest BCUT2D eigenvalue weighted by atomic mass is 10.2. The fourth-order valence-electron chi connectivity index (χ4n) is 1.59. The third kappa shape index (κ3) is 2.59. The molecule has 0 radical (unpaired) electrons. The third-order valence-electron chi connectivity index (χ3n) is 2.46. The van der Waals surface area contributed by atoms with Gasteiger partial charge in [-0.1, -0.05) is 12.1 Å². The lowest BCUT2D eigenvalue weighted by molar-refractivity contribution is -0.133. The summed E-state index contributed by atoms with van der Waals surface area (Å²) in [6.45, 7) is 0.0671. The van der Waals surface area contributed by atoms with Crippen LogP contribution in [-0.4, -0.2) is 28.2 Å². The molecule has 0 bridgehead atoms. The molecule has 0 spiro atoms. The Balaban J connectivity index is 2.10. The highest BCUT2D eigenvalue weighted by Gasteiger charge is 2.30. The summed E-state index contributed by atoms with van der Waals surface area (Å²) in [5.74, 6) is -0.829. The van der Waals surface area contributed by atoms with Gasteiger partial charge in [0.25, 0.3) is 0 Å². The van der Waals surface area contributed by atoms with Crippen LogP contribution in [0.3, 0.4) is 0 Å². The topological polar surface area (TPSA) is 69.6 Å². The van der Waals surface area contributed by atoms with Crippen molar-refractivity contribution in [3.05, 3.63) is 35.6 Å². The van der Waals surface area contributed by atoms with Crippen molar-refractivity contribution in [1.29, 1.82) is 0 Å². The van der Waals surface area contributed by atoms with E-state index in [0.29, 0.717) is 5.56 Å². The van der Waals surface area contributed by atoms with Crippen LogP contribution < -0.4 is 5.32 Å². The number of benzene rings is 1. The van der Waals surface area contributed by atoms with E-state index in [4.69, 9.17) is 5.11 Å². The van der Waals surface area contributed by atoms with Crippen molar-refractivity contribution in [3.8, 4) is 0 Å². The molecule has 17 heavy (non-hydrogen) atoms. The molecule has 1 aromatic rings. The number of hydrogen-bond acceptors (Lipinski definition) is 3. The van der Waals surface area contributed by atoms with Crippen LogP contribution in [0.2, 0.25) is 0 Å². The van der Waals surface area contributed by atoms with Gasteiger partial charge in [-0.2, -0.15) is 0 Å². The summed E-state index contributed by atoms with van der Waals surface area (Å²) in [7, 11) is 0. The largest absolute Gasteiger partial charge is 0.373 e. The number of carbonyl (C=O) groups is 2. The zero-order chi connectivity index (χ0) is 12.4. The molecule has 1 saturated heterocycles. The van der Waals surface area contributed by atoms with Crippen LogP contribution in [0.1, 0.15) is 12.0 Å². The van der Waals surface area contributed by atoms with Gasteiger partial charge in [-0.25, -0.2) is 9.18 Å². The van der Waals surface area contributed by atoms with Crippen molar-refractivity contribution in [2.75, 3.05) is 0 Å². The number of nitrogens with one attached hydrogen (secondary N) is 1. The number of hydrogen-bond donors (Lipinski definition) is 2. The van der Waals surface area contributed by atoms with Gasteiger partial charge < -0.3 is 10.4 Å². The summed E-state index contributed by atoms with van der Waals surface area (Å²) < 4.78 is 12.7. The van der Waals surface area contributed by atoms with Crippen LogP contribution in [0.4, 0.5) is 9.18 Å². The van der Waals surface area contributed by atoms with Gasteiger partial charge in [-0.3, -0.25) is 9.69 Å². The molecular weight excluding hydrogens is 227 g/mol. The molecule has 1 fully saturated rings. The Morgan fingerprint density at radius 2 is 2.00 bits per heavy atom. The molecule has 5 nitrogen and oxygen atoms in total. The smallest absolute Gasteiger partial charge is 0.326 e. The molecule has 1 aliphatic rings. The molecule has 1 aromatic carbocycles. The molecule has 1 unspecified atom stereocenters. The van der Waals surface area contributed by atoms with Crippen molar-refractivity contribution in [2.45, 2.75) is 19.2 Å². The first-order chi connectivity index (χ1) is 8.06. The highest BCUT2D eigenvalue weighted by molar-refractivity contribution is 5.96. The molecule has 1 heterocycles. The first-order valence-corrected chi connectivity index (χ1v) is 5.09. The minimum absolute atomic E-state index is 0.0671. The summed E-state index contributed by atoms with van der Waals surface area (Å²) >= 11 is 0. The van der Waals surface area contributed by atoms with Crippen molar-refractivity contribution in [2.24, 2.45) is 0 Å². The molecule has 2 rings (SSSR count). The Bertz CT molecular complexity index is 429. The van der Waals surface area contributed by atoms with Gasteiger partial charge in [-0.15, -0.1) is 0 Å². The normalized spacial score (nSPS) is 20.4. The maximum absolute atomic E-state index is 12.7. The summed E-state index contributed by atoms with van der Waals surface area (Å²) in [6, 6.07) is 4.88. The van der Waals surface area contributed by atoms with Crippen LogP contribution in [0.15, 0.2) is 24.3 Å². The Morgan fingerprint density at radius 1 is 1.35 bits per heavy atom. The number of carbonyl (C=O) groups excluding carboxylic acids is 2. The molecule has 0 aliphatic carbocycles. The third-order valence-corrected chi connectivity index (χ3v) is 2.46. The van der Waals surface area contributed by atoms with Gasteiger partial charge >= 0.3 is 6.03 Å². The highest BCUT2D eigenvalue weighted by atomic mass is 19.1. The number of imide groups is 1. The second-order valence-corrected chi connectivity index (χ2v) is 3.78. The molecule has 90 valence electrons. The van der Waals surface area contributed by atoms with Crippen molar-refractivity contribution in [3.63, 3.8) is 0 Å².